The standard InChI is InChI=1S/C27H13NO7/c29-22-15-5-1-3-7-17(15)24(31)26-20(22)19(13-9-11-14(12-10-13)28(33)34)21-23(30)16-6-2-4-8-18(16)25(32)27(21)35-26/h1-12,19H. The van der Waals surface area contributed by atoms with Crippen molar-refractivity contribution in [1.82, 2.24) is 0 Å². The number of hydrogen-bond acceptors (Lipinski definition) is 7. The molecule has 35 heavy (non-hydrogen) atoms. The van der Waals surface area contributed by atoms with E-state index in [9.17, 15) is 29.3 Å². The van der Waals surface area contributed by atoms with Gasteiger partial charge in [-0.2, -0.15) is 0 Å². The van der Waals surface area contributed by atoms with Gasteiger partial charge in [-0.05, 0) is 5.56 Å². The average Bonchev–Trinajstić information content (AvgIpc) is 2.89. The van der Waals surface area contributed by atoms with Crippen LogP contribution in [0.5, 0.6) is 0 Å². The molecule has 8 heteroatoms. The normalized spacial score (nSPS) is 16.9. The first-order valence-electron chi connectivity index (χ1n) is 10.7. The van der Waals surface area contributed by atoms with Crippen molar-refractivity contribution < 1.29 is 28.8 Å². The van der Waals surface area contributed by atoms with Crippen molar-refractivity contribution in [1.29, 1.82) is 0 Å². The van der Waals surface area contributed by atoms with E-state index in [1.807, 2.05) is 0 Å². The van der Waals surface area contributed by atoms with Crippen LogP contribution >= 0.6 is 0 Å². The molecule has 8 nitrogen and oxygen atoms in total. The van der Waals surface area contributed by atoms with E-state index < -0.39 is 34.0 Å². The third-order valence-electron chi connectivity index (χ3n) is 6.44. The maximum absolute atomic E-state index is 13.6. The van der Waals surface area contributed by atoms with Crippen LogP contribution in [0, 0.1) is 10.1 Å². The highest BCUT2D eigenvalue weighted by Gasteiger charge is 2.49. The summed E-state index contributed by atoms with van der Waals surface area (Å²) in [6, 6.07) is 17.8. The van der Waals surface area contributed by atoms with Crippen molar-refractivity contribution in [2.75, 3.05) is 0 Å². The number of rotatable bonds is 2. The maximum Gasteiger partial charge on any atom is 0.269 e. The molecule has 0 amide bonds. The number of nitro benzene ring substituents is 1. The third kappa shape index (κ3) is 2.80. The lowest BCUT2D eigenvalue weighted by atomic mass is 9.70. The van der Waals surface area contributed by atoms with Gasteiger partial charge in [0.25, 0.3) is 5.69 Å². The minimum atomic E-state index is -1.12. The summed E-state index contributed by atoms with van der Waals surface area (Å²) >= 11 is 0. The SMILES string of the molecule is O=C1C2=C(C(=O)c3ccccc31)C(c1ccc([N+](=O)[O-])cc1)C1=C(O2)C(=O)c2ccccc2C1=O. The van der Waals surface area contributed by atoms with Crippen molar-refractivity contribution >= 4 is 28.8 Å². The van der Waals surface area contributed by atoms with Crippen LogP contribution in [-0.4, -0.2) is 28.1 Å². The summed E-state index contributed by atoms with van der Waals surface area (Å²) in [5.74, 6) is -3.91. The van der Waals surface area contributed by atoms with E-state index in [2.05, 4.69) is 0 Å². The van der Waals surface area contributed by atoms with E-state index >= 15 is 0 Å². The maximum atomic E-state index is 13.6. The lowest BCUT2D eigenvalue weighted by molar-refractivity contribution is -0.384. The van der Waals surface area contributed by atoms with Crippen LogP contribution in [0.1, 0.15) is 52.9 Å². The number of carbonyl (C=O) groups is 4. The van der Waals surface area contributed by atoms with Gasteiger partial charge >= 0.3 is 0 Å². The molecule has 3 aromatic carbocycles. The Labute approximate surface area is 197 Å². The van der Waals surface area contributed by atoms with Gasteiger partial charge in [-0.25, -0.2) is 0 Å². The zero-order valence-electron chi connectivity index (χ0n) is 17.8. The van der Waals surface area contributed by atoms with Crippen LogP contribution in [-0.2, 0) is 4.74 Å². The number of non-ortho nitro benzene ring substituents is 1. The number of hydrogen-bond donors (Lipinski definition) is 0. The number of ketones is 4. The molecule has 3 aromatic rings. The Bertz CT molecular complexity index is 1520. The predicted molar refractivity (Wildman–Crippen MR) is 121 cm³/mol. The van der Waals surface area contributed by atoms with E-state index in [4.69, 9.17) is 4.74 Å². The number of Topliss-reactive ketones (excluding diaryl/α,β-unsaturated/α-hetero) is 4. The Hall–Kier alpha value is -4.98. The summed E-state index contributed by atoms with van der Waals surface area (Å²) in [6.45, 7) is 0. The quantitative estimate of drug-likeness (QED) is 0.409. The van der Waals surface area contributed by atoms with Gasteiger partial charge in [-0.15, -0.1) is 0 Å². The summed E-state index contributed by atoms with van der Waals surface area (Å²) in [5, 5.41) is 11.2. The fourth-order valence-corrected chi connectivity index (χ4v) is 4.84. The van der Waals surface area contributed by atoms with Crippen LogP contribution in [0.4, 0.5) is 5.69 Å². The molecule has 3 aliphatic rings. The van der Waals surface area contributed by atoms with Crippen molar-refractivity contribution in [2.24, 2.45) is 0 Å². The van der Waals surface area contributed by atoms with Crippen LogP contribution in [0.15, 0.2) is 95.5 Å². The summed E-state index contributed by atoms with van der Waals surface area (Å²) in [5.41, 5.74) is 0.618. The molecule has 6 rings (SSSR count). The molecule has 0 fully saturated rings. The van der Waals surface area contributed by atoms with Crippen molar-refractivity contribution in [2.45, 2.75) is 5.92 Å². The van der Waals surface area contributed by atoms with Crippen LogP contribution in [0.3, 0.4) is 0 Å². The summed E-state index contributed by atoms with van der Waals surface area (Å²) < 4.78 is 5.80. The van der Waals surface area contributed by atoms with Crippen molar-refractivity contribution in [3.05, 3.63) is 133 Å². The van der Waals surface area contributed by atoms with Crippen LogP contribution in [0.2, 0.25) is 0 Å². The first-order chi connectivity index (χ1) is 16.9. The number of carbonyl (C=O) groups excluding carboxylic acids is 4. The third-order valence-corrected chi connectivity index (χ3v) is 6.44. The lowest BCUT2D eigenvalue weighted by Crippen LogP contribution is -2.36. The molecule has 0 saturated heterocycles. The second-order valence-electron chi connectivity index (χ2n) is 8.28. The van der Waals surface area contributed by atoms with E-state index in [0.717, 1.165) is 0 Å². The van der Waals surface area contributed by atoms with Gasteiger partial charge in [-0.3, -0.25) is 29.3 Å². The average molecular weight is 463 g/mol. The Morgan fingerprint density at radius 2 is 1.00 bits per heavy atom. The van der Waals surface area contributed by atoms with Crippen LogP contribution in [0.25, 0.3) is 0 Å². The van der Waals surface area contributed by atoms with E-state index in [-0.39, 0.29) is 50.6 Å². The topological polar surface area (TPSA) is 121 Å². The monoisotopic (exact) mass is 463 g/mol. The van der Waals surface area contributed by atoms with E-state index in [0.29, 0.717) is 5.56 Å². The van der Waals surface area contributed by atoms with Gasteiger partial charge < -0.3 is 4.74 Å². The highest BCUT2D eigenvalue weighted by Crippen LogP contribution is 2.48. The molecule has 0 radical (unpaired) electrons. The van der Waals surface area contributed by atoms with E-state index in [1.165, 1.54) is 48.5 Å². The Morgan fingerprint density at radius 3 is 1.40 bits per heavy atom. The molecule has 0 N–H and O–H groups in total. The molecule has 1 heterocycles. The Balaban J connectivity index is 1.62. The number of fused-ring (bicyclic) bond motifs is 2. The fourth-order valence-electron chi connectivity index (χ4n) is 4.84. The van der Waals surface area contributed by atoms with Crippen molar-refractivity contribution in [3.8, 4) is 0 Å². The second kappa shape index (κ2) is 7.26. The number of nitrogens with zero attached hydrogens (tertiary/aromatic N) is 1. The van der Waals surface area contributed by atoms with Gasteiger partial charge in [0.05, 0.1) is 16.1 Å². The van der Waals surface area contributed by atoms with Gasteiger partial charge in [0.15, 0.2) is 23.1 Å². The molecular formula is C27H13NO7. The van der Waals surface area contributed by atoms with Gasteiger partial charge in [0.2, 0.25) is 11.6 Å². The fraction of sp³-hybridized carbons (Fsp3) is 0.0370. The van der Waals surface area contributed by atoms with Gasteiger partial charge in [-0.1, -0.05) is 60.7 Å². The molecular weight excluding hydrogens is 450 g/mol. The Morgan fingerprint density at radius 1 is 0.600 bits per heavy atom. The van der Waals surface area contributed by atoms with Crippen LogP contribution < -0.4 is 0 Å². The van der Waals surface area contributed by atoms with Gasteiger partial charge in [0.1, 0.15) is 0 Å². The highest BCUT2D eigenvalue weighted by atomic mass is 16.6. The molecule has 0 saturated carbocycles. The smallest absolute Gasteiger partial charge is 0.269 e. The predicted octanol–water partition coefficient (Wildman–Crippen LogP) is 4.38. The zero-order valence-corrected chi connectivity index (χ0v) is 17.8. The first-order valence-corrected chi connectivity index (χ1v) is 10.7. The second-order valence-corrected chi connectivity index (χ2v) is 8.28. The summed E-state index contributed by atoms with van der Waals surface area (Å²) in [4.78, 5) is 64.7. The number of benzene rings is 3. The molecule has 0 unspecified atom stereocenters. The summed E-state index contributed by atoms with van der Waals surface area (Å²) in [7, 11) is 0. The molecule has 0 atom stereocenters. The molecule has 2 aliphatic carbocycles. The number of ether oxygens (including phenoxy) is 1. The van der Waals surface area contributed by atoms with Gasteiger partial charge in [0, 0.05) is 40.3 Å². The first kappa shape index (κ1) is 20.6. The molecule has 168 valence electrons. The van der Waals surface area contributed by atoms with Crippen molar-refractivity contribution in [3.63, 3.8) is 0 Å². The summed E-state index contributed by atoms with van der Waals surface area (Å²) in [6.07, 6.45) is 0. The minimum Gasteiger partial charge on any atom is -0.448 e. The highest BCUT2D eigenvalue weighted by molar-refractivity contribution is 6.32. The molecule has 0 aromatic heterocycles. The number of nitro groups is 1. The largest absolute Gasteiger partial charge is 0.448 e. The molecule has 0 spiro atoms. The zero-order chi connectivity index (χ0) is 24.4. The molecule has 1 aliphatic heterocycles. The minimum absolute atomic E-state index is 0.0677. The number of allylic oxidation sites excluding steroid dienone is 4. The lowest BCUT2D eigenvalue weighted by Gasteiger charge is -2.35. The Kier molecular flexibility index (Phi) is 4.28. The van der Waals surface area contributed by atoms with E-state index in [1.54, 1.807) is 24.3 Å². The molecule has 0 bridgehead atoms.